The molecule has 0 bridgehead atoms. The maximum absolute atomic E-state index is 12.3. The van der Waals surface area contributed by atoms with Crippen molar-refractivity contribution in [3.8, 4) is 0 Å². The molecule has 1 aliphatic heterocycles. The average molecular weight is 291 g/mol. The van der Waals surface area contributed by atoms with Crippen LogP contribution >= 0.6 is 0 Å². The Morgan fingerprint density at radius 1 is 1.48 bits per heavy atom. The van der Waals surface area contributed by atoms with Crippen LogP contribution in [0.25, 0.3) is 0 Å². The summed E-state index contributed by atoms with van der Waals surface area (Å²) in [6.45, 7) is 7.24. The molecule has 1 unspecified atom stereocenters. The molecule has 1 atom stereocenters. The predicted molar refractivity (Wildman–Crippen MR) is 83.5 cm³/mol. The lowest BCUT2D eigenvalue weighted by Crippen LogP contribution is -2.44. The Labute approximate surface area is 126 Å². The SMILES string of the molecule is CN(CC1CCCN1C(=O)OC(C)(C)C)c1ccccn1. The van der Waals surface area contributed by atoms with E-state index in [1.807, 2.05) is 50.9 Å². The Morgan fingerprint density at radius 3 is 2.86 bits per heavy atom. The zero-order valence-electron chi connectivity index (χ0n) is 13.4. The predicted octanol–water partition coefficient (Wildman–Crippen LogP) is 2.92. The molecule has 0 N–H and O–H groups in total. The van der Waals surface area contributed by atoms with E-state index in [2.05, 4.69) is 9.88 Å². The second kappa shape index (κ2) is 6.33. The highest BCUT2D eigenvalue weighted by Gasteiger charge is 2.32. The summed E-state index contributed by atoms with van der Waals surface area (Å²) in [5.41, 5.74) is -0.447. The van der Waals surface area contributed by atoms with Crippen molar-refractivity contribution in [3.05, 3.63) is 24.4 Å². The van der Waals surface area contributed by atoms with Crippen molar-refractivity contribution in [2.45, 2.75) is 45.3 Å². The van der Waals surface area contributed by atoms with E-state index in [4.69, 9.17) is 4.74 Å². The molecule has 1 fully saturated rings. The number of hydrogen-bond donors (Lipinski definition) is 0. The maximum atomic E-state index is 12.3. The molecule has 0 aliphatic carbocycles. The molecule has 0 spiro atoms. The number of hydrogen-bond acceptors (Lipinski definition) is 4. The van der Waals surface area contributed by atoms with E-state index in [0.717, 1.165) is 31.7 Å². The van der Waals surface area contributed by atoms with Crippen LogP contribution in [0.2, 0.25) is 0 Å². The third-order valence-electron chi connectivity index (χ3n) is 3.53. The summed E-state index contributed by atoms with van der Waals surface area (Å²) in [6.07, 6.45) is 3.61. The first kappa shape index (κ1) is 15.6. The molecule has 21 heavy (non-hydrogen) atoms. The molecule has 1 aromatic rings. The summed E-state index contributed by atoms with van der Waals surface area (Å²) in [6, 6.07) is 6.04. The number of likely N-dealkylation sites (tertiary alicyclic amines) is 1. The Kier molecular flexibility index (Phi) is 4.70. The number of carbonyl (C=O) groups excluding carboxylic acids is 1. The van der Waals surface area contributed by atoms with Gasteiger partial charge in [-0.1, -0.05) is 6.07 Å². The van der Waals surface area contributed by atoms with Crippen LogP contribution in [0.15, 0.2) is 24.4 Å². The van der Waals surface area contributed by atoms with E-state index in [1.54, 1.807) is 6.20 Å². The lowest BCUT2D eigenvalue weighted by Gasteiger charge is -2.31. The first-order chi connectivity index (χ1) is 9.87. The summed E-state index contributed by atoms with van der Waals surface area (Å²) >= 11 is 0. The number of likely N-dealkylation sites (N-methyl/N-ethyl adjacent to an activating group) is 1. The fraction of sp³-hybridized carbons (Fsp3) is 0.625. The highest BCUT2D eigenvalue weighted by atomic mass is 16.6. The minimum atomic E-state index is -0.447. The van der Waals surface area contributed by atoms with E-state index >= 15 is 0 Å². The maximum Gasteiger partial charge on any atom is 0.410 e. The lowest BCUT2D eigenvalue weighted by molar-refractivity contribution is 0.0232. The first-order valence-electron chi connectivity index (χ1n) is 7.48. The third kappa shape index (κ3) is 4.34. The van der Waals surface area contributed by atoms with Gasteiger partial charge in [-0.3, -0.25) is 0 Å². The number of nitrogens with zero attached hydrogens (tertiary/aromatic N) is 3. The second-order valence-corrected chi connectivity index (χ2v) is 6.54. The van der Waals surface area contributed by atoms with Gasteiger partial charge >= 0.3 is 6.09 Å². The third-order valence-corrected chi connectivity index (χ3v) is 3.53. The van der Waals surface area contributed by atoms with Crippen molar-refractivity contribution in [2.24, 2.45) is 0 Å². The van der Waals surface area contributed by atoms with E-state index < -0.39 is 5.60 Å². The van der Waals surface area contributed by atoms with Crippen LogP contribution in [-0.4, -0.2) is 47.8 Å². The summed E-state index contributed by atoms with van der Waals surface area (Å²) in [4.78, 5) is 20.5. The second-order valence-electron chi connectivity index (χ2n) is 6.54. The van der Waals surface area contributed by atoms with Gasteiger partial charge in [-0.25, -0.2) is 9.78 Å². The van der Waals surface area contributed by atoms with Gasteiger partial charge in [0.25, 0.3) is 0 Å². The van der Waals surface area contributed by atoms with E-state index in [0.29, 0.717) is 0 Å². The number of anilines is 1. The van der Waals surface area contributed by atoms with Crippen molar-refractivity contribution in [2.75, 3.05) is 25.0 Å². The van der Waals surface area contributed by atoms with Crippen LogP contribution in [-0.2, 0) is 4.74 Å². The normalized spacial score (nSPS) is 18.7. The monoisotopic (exact) mass is 291 g/mol. The molecule has 1 aromatic heterocycles. The molecular weight excluding hydrogens is 266 g/mol. The molecule has 1 saturated heterocycles. The van der Waals surface area contributed by atoms with Crippen LogP contribution in [0.1, 0.15) is 33.6 Å². The molecule has 2 heterocycles. The highest BCUT2D eigenvalue weighted by Crippen LogP contribution is 2.22. The number of amides is 1. The van der Waals surface area contributed by atoms with E-state index in [9.17, 15) is 4.79 Å². The van der Waals surface area contributed by atoms with Gasteiger partial charge in [0.1, 0.15) is 11.4 Å². The molecule has 0 radical (unpaired) electrons. The van der Waals surface area contributed by atoms with E-state index in [1.165, 1.54) is 0 Å². The number of ether oxygens (including phenoxy) is 1. The minimum Gasteiger partial charge on any atom is -0.444 e. The Bertz CT molecular complexity index is 470. The average Bonchev–Trinajstić information content (AvgIpc) is 2.86. The van der Waals surface area contributed by atoms with Crippen molar-refractivity contribution < 1.29 is 9.53 Å². The van der Waals surface area contributed by atoms with Crippen LogP contribution in [0.5, 0.6) is 0 Å². The Morgan fingerprint density at radius 2 is 2.24 bits per heavy atom. The number of aromatic nitrogens is 1. The molecule has 1 aliphatic rings. The van der Waals surface area contributed by atoms with Gasteiger partial charge in [0.05, 0.1) is 6.04 Å². The van der Waals surface area contributed by atoms with Crippen molar-refractivity contribution in [1.82, 2.24) is 9.88 Å². The Balaban J connectivity index is 1.97. The number of pyridine rings is 1. The molecule has 0 aromatic carbocycles. The van der Waals surface area contributed by atoms with Crippen LogP contribution in [0.4, 0.5) is 10.6 Å². The Hall–Kier alpha value is -1.78. The summed E-state index contributed by atoms with van der Waals surface area (Å²) in [5.74, 6) is 0.925. The fourth-order valence-electron chi connectivity index (χ4n) is 2.58. The minimum absolute atomic E-state index is 0.187. The highest BCUT2D eigenvalue weighted by molar-refractivity contribution is 5.69. The number of rotatable bonds is 3. The summed E-state index contributed by atoms with van der Waals surface area (Å²) in [5, 5.41) is 0. The van der Waals surface area contributed by atoms with Crippen LogP contribution in [0.3, 0.4) is 0 Å². The van der Waals surface area contributed by atoms with Gasteiger partial charge < -0.3 is 14.5 Å². The lowest BCUT2D eigenvalue weighted by atomic mass is 10.2. The van der Waals surface area contributed by atoms with Gasteiger partial charge in [-0.05, 0) is 45.7 Å². The summed E-state index contributed by atoms with van der Waals surface area (Å²) < 4.78 is 5.49. The smallest absolute Gasteiger partial charge is 0.410 e. The van der Waals surface area contributed by atoms with Crippen molar-refractivity contribution in [1.29, 1.82) is 0 Å². The molecule has 1 amide bonds. The van der Waals surface area contributed by atoms with Crippen molar-refractivity contribution >= 4 is 11.9 Å². The standard InChI is InChI=1S/C16H25N3O2/c1-16(2,3)21-15(20)19-11-7-8-13(19)12-18(4)14-9-5-6-10-17-14/h5-6,9-10,13H,7-8,11-12H2,1-4H3. The van der Waals surface area contributed by atoms with Crippen LogP contribution < -0.4 is 4.90 Å². The quantitative estimate of drug-likeness (QED) is 0.859. The van der Waals surface area contributed by atoms with Gasteiger partial charge in [0.2, 0.25) is 0 Å². The van der Waals surface area contributed by atoms with Gasteiger partial charge in [0, 0.05) is 26.3 Å². The fourth-order valence-corrected chi connectivity index (χ4v) is 2.58. The first-order valence-corrected chi connectivity index (χ1v) is 7.48. The van der Waals surface area contributed by atoms with Crippen molar-refractivity contribution in [3.63, 3.8) is 0 Å². The summed E-state index contributed by atoms with van der Waals surface area (Å²) in [7, 11) is 2.01. The molecular formula is C16H25N3O2. The van der Waals surface area contributed by atoms with Crippen LogP contribution in [0, 0.1) is 0 Å². The topological polar surface area (TPSA) is 45.7 Å². The molecule has 116 valence electrons. The van der Waals surface area contributed by atoms with Gasteiger partial charge in [-0.2, -0.15) is 0 Å². The molecule has 2 rings (SSSR count). The zero-order chi connectivity index (χ0) is 15.5. The molecule has 5 nitrogen and oxygen atoms in total. The molecule has 0 saturated carbocycles. The van der Waals surface area contributed by atoms with Gasteiger partial charge in [0.15, 0.2) is 0 Å². The zero-order valence-corrected chi connectivity index (χ0v) is 13.4. The van der Waals surface area contributed by atoms with Gasteiger partial charge in [-0.15, -0.1) is 0 Å². The largest absolute Gasteiger partial charge is 0.444 e. The van der Waals surface area contributed by atoms with E-state index in [-0.39, 0.29) is 12.1 Å². The molecule has 5 heteroatoms. The number of carbonyl (C=O) groups is 1.